The fourth-order valence-corrected chi connectivity index (χ4v) is 5.64. The van der Waals surface area contributed by atoms with Gasteiger partial charge in [-0.2, -0.15) is 13.2 Å². The summed E-state index contributed by atoms with van der Waals surface area (Å²) >= 11 is 3.05. The van der Waals surface area contributed by atoms with Crippen molar-refractivity contribution in [2.45, 2.75) is 26.1 Å². The van der Waals surface area contributed by atoms with E-state index in [2.05, 4.69) is 55.6 Å². The predicted molar refractivity (Wildman–Crippen MR) is 193 cm³/mol. The zero-order valence-electron chi connectivity index (χ0n) is 27.8. The number of fused-ring (bicyclic) bond motifs is 1. The number of halogens is 4. The van der Waals surface area contributed by atoms with Crippen molar-refractivity contribution in [3.63, 3.8) is 0 Å². The molecule has 0 aliphatic rings. The number of ketones is 1. The number of Topliss-reactive ketones (excluding diaryl/α,β-unsaturated/α-hetero) is 1. The monoisotopic (exact) mass is 822 g/mol. The van der Waals surface area contributed by atoms with Gasteiger partial charge < -0.3 is 25.3 Å². The second-order valence-corrected chi connectivity index (χ2v) is 15.0. The van der Waals surface area contributed by atoms with Gasteiger partial charge in [-0.3, -0.25) is 14.2 Å². The van der Waals surface area contributed by atoms with Crippen molar-refractivity contribution in [1.82, 2.24) is 10.3 Å². The van der Waals surface area contributed by atoms with Crippen LogP contribution in [0.1, 0.15) is 33.3 Å². The van der Waals surface area contributed by atoms with Gasteiger partial charge >= 0.3 is 12.1 Å². The first-order chi connectivity index (χ1) is 23.6. The molecule has 0 spiro atoms. The molecule has 4 aromatic rings. The van der Waals surface area contributed by atoms with E-state index in [9.17, 15) is 39.9 Å². The van der Waals surface area contributed by atoms with Gasteiger partial charge in [-0.05, 0) is 61.4 Å². The summed E-state index contributed by atoms with van der Waals surface area (Å²) in [7, 11) is -6.65. The molecule has 13 nitrogen and oxygen atoms in total. The number of alkyl halides is 4. The molecule has 0 saturated heterocycles. The number of carboxylic acid groups (broad SMARTS) is 1. The normalized spacial score (nSPS) is 12.1. The molecule has 0 fully saturated rings. The van der Waals surface area contributed by atoms with E-state index in [1.807, 2.05) is 12.1 Å². The number of aliphatic hydroxyl groups excluding tert-OH is 1. The van der Waals surface area contributed by atoms with Gasteiger partial charge in [0.2, 0.25) is 20.0 Å². The number of nitrogens with one attached hydrogen (secondary N) is 4. The molecule has 1 atom stereocenters. The van der Waals surface area contributed by atoms with Gasteiger partial charge in [0.25, 0.3) is 0 Å². The summed E-state index contributed by atoms with van der Waals surface area (Å²) in [6.45, 7) is 5.51. The van der Waals surface area contributed by atoms with Crippen LogP contribution >= 0.6 is 15.9 Å². The molecule has 6 N–H and O–H groups in total. The number of carbonyl (C=O) groups excluding carboxylic acids is 1. The lowest BCUT2D eigenvalue weighted by molar-refractivity contribution is -0.192. The summed E-state index contributed by atoms with van der Waals surface area (Å²) < 4.78 is 86.8. The standard InChI is InChI=1S/C21H27N3O4S.C9H10BrNO3S.C2HF3O2/c1-14-15(2)23-20-12-18(7-8-19(14)20)28-10-9-22-13-21(25)16-5-4-6-17(11-16)24-29(3,26)27;1-15(13,14)11-8-4-2-3-7(5-8)9(12)6-10;3-2(4,5)1(6)7/h4-8,11-12,21-25H,9-10,13H2,1-3H3;2-5,11H,6H2,1H3;(H,6,7). The van der Waals surface area contributed by atoms with Crippen LogP contribution in [-0.2, 0) is 24.8 Å². The number of hydrogen-bond acceptors (Lipinski definition) is 9. The van der Waals surface area contributed by atoms with Crippen molar-refractivity contribution in [3.05, 3.63) is 89.1 Å². The molecule has 1 heterocycles. The van der Waals surface area contributed by atoms with E-state index >= 15 is 0 Å². The molecule has 0 aliphatic carbocycles. The third-order valence-corrected chi connectivity index (χ3v) is 8.31. The van der Waals surface area contributed by atoms with Crippen molar-refractivity contribution >= 4 is 70.0 Å². The van der Waals surface area contributed by atoms with E-state index in [1.54, 1.807) is 42.5 Å². The maximum absolute atomic E-state index is 11.3. The van der Waals surface area contributed by atoms with Crippen LogP contribution in [0.2, 0.25) is 0 Å². The minimum absolute atomic E-state index is 0.0906. The number of carboxylic acids is 1. The Kier molecular flexibility index (Phi) is 15.9. The van der Waals surface area contributed by atoms with Crippen molar-refractivity contribution in [2.75, 3.05) is 47.0 Å². The summed E-state index contributed by atoms with van der Waals surface area (Å²) in [6.07, 6.45) is -3.68. The van der Waals surface area contributed by atoms with Crippen LogP contribution in [0.5, 0.6) is 5.75 Å². The van der Waals surface area contributed by atoms with E-state index in [0.717, 1.165) is 29.5 Å². The van der Waals surface area contributed by atoms with Gasteiger partial charge in [0, 0.05) is 52.7 Å². The third kappa shape index (κ3) is 15.7. The topological polar surface area (TPSA) is 204 Å². The zero-order valence-corrected chi connectivity index (χ0v) is 31.1. The van der Waals surface area contributed by atoms with Gasteiger partial charge in [0.15, 0.2) is 5.78 Å². The fraction of sp³-hybridized carbons (Fsp3) is 0.312. The number of ether oxygens (including phenoxy) is 1. The average Bonchev–Trinajstić information content (AvgIpc) is 3.31. The Balaban J connectivity index is 0.000000340. The number of rotatable bonds is 13. The highest BCUT2D eigenvalue weighted by Gasteiger charge is 2.38. The molecule has 3 aromatic carbocycles. The summed E-state index contributed by atoms with van der Waals surface area (Å²) in [5.74, 6) is -2.06. The Hall–Kier alpha value is -4.17. The number of H-pyrrole nitrogens is 1. The molecule has 1 aromatic heterocycles. The molecule has 51 heavy (non-hydrogen) atoms. The molecule has 0 amide bonds. The van der Waals surface area contributed by atoms with E-state index < -0.39 is 38.3 Å². The molecule has 0 aliphatic heterocycles. The smallest absolute Gasteiger partial charge is 0.490 e. The first kappa shape index (κ1) is 43.0. The Morgan fingerprint density at radius 1 is 0.922 bits per heavy atom. The fourth-order valence-electron chi connectivity index (χ4n) is 4.21. The third-order valence-electron chi connectivity index (χ3n) is 6.59. The Morgan fingerprint density at radius 2 is 1.49 bits per heavy atom. The predicted octanol–water partition coefficient (Wildman–Crippen LogP) is 5.13. The lowest BCUT2D eigenvalue weighted by Crippen LogP contribution is -2.26. The van der Waals surface area contributed by atoms with E-state index in [0.29, 0.717) is 42.2 Å². The van der Waals surface area contributed by atoms with Gasteiger partial charge in [-0.1, -0.05) is 40.2 Å². The maximum Gasteiger partial charge on any atom is 0.490 e. The molecule has 280 valence electrons. The van der Waals surface area contributed by atoms with Crippen LogP contribution in [0, 0.1) is 13.8 Å². The van der Waals surface area contributed by atoms with E-state index in [4.69, 9.17) is 14.6 Å². The van der Waals surface area contributed by atoms with E-state index in [1.165, 1.54) is 17.0 Å². The zero-order chi connectivity index (χ0) is 38.6. The van der Waals surface area contributed by atoms with Crippen LogP contribution < -0.4 is 19.5 Å². The Morgan fingerprint density at radius 3 is 2.04 bits per heavy atom. The average molecular weight is 824 g/mol. The highest BCUT2D eigenvalue weighted by atomic mass is 79.9. The molecule has 0 bridgehead atoms. The van der Waals surface area contributed by atoms with Crippen LogP contribution in [-0.4, -0.2) is 87.5 Å². The molecular formula is C32H38BrF3N4O9S2. The van der Waals surface area contributed by atoms with E-state index in [-0.39, 0.29) is 11.1 Å². The number of aryl methyl sites for hydroxylation is 2. The number of hydrogen-bond donors (Lipinski definition) is 6. The van der Waals surface area contributed by atoms with Crippen LogP contribution in [0.15, 0.2) is 66.7 Å². The van der Waals surface area contributed by atoms with Crippen LogP contribution in [0.4, 0.5) is 24.5 Å². The first-order valence-corrected chi connectivity index (χ1v) is 19.7. The summed E-state index contributed by atoms with van der Waals surface area (Å²) in [5.41, 5.74) is 5.39. The summed E-state index contributed by atoms with van der Waals surface area (Å²) in [5, 5.41) is 22.0. The number of aliphatic hydroxyl groups is 1. The minimum atomic E-state index is -5.08. The number of aromatic nitrogens is 1. The molecule has 0 radical (unpaired) electrons. The second-order valence-electron chi connectivity index (χ2n) is 11.0. The van der Waals surface area contributed by atoms with Crippen LogP contribution in [0.25, 0.3) is 10.9 Å². The highest BCUT2D eigenvalue weighted by Crippen LogP contribution is 2.25. The molecule has 0 saturated carbocycles. The highest BCUT2D eigenvalue weighted by molar-refractivity contribution is 9.09. The van der Waals surface area contributed by atoms with Gasteiger partial charge in [0.05, 0.1) is 23.9 Å². The second kappa shape index (κ2) is 18.9. The summed E-state index contributed by atoms with van der Waals surface area (Å²) in [4.78, 5) is 23.6. The number of sulfonamides is 2. The SMILES string of the molecule is CS(=O)(=O)Nc1cccc(C(=O)CBr)c1.Cc1[nH]c2cc(OCCNCC(O)c3cccc(NS(C)(=O)=O)c3)ccc2c1C.O=C(O)C(F)(F)F. The lowest BCUT2D eigenvalue weighted by atomic mass is 10.1. The maximum atomic E-state index is 11.3. The van der Waals surface area contributed by atoms with Crippen molar-refractivity contribution in [3.8, 4) is 5.75 Å². The number of anilines is 2. The van der Waals surface area contributed by atoms with Crippen molar-refractivity contribution < 1.29 is 54.5 Å². The minimum Gasteiger partial charge on any atom is -0.492 e. The summed E-state index contributed by atoms with van der Waals surface area (Å²) in [6, 6.07) is 19.1. The Labute approximate surface area is 301 Å². The lowest BCUT2D eigenvalue weighted by Gasteiger charge is -2.14. The Bertz CT molecular complexity index is 2020. The number of aliphatic carboxylic acids is 1. The molecular weight excluding hydrogens is 785 g/mol. The quantitative estimate of drug-likeness (QED) is 0.0596. The van der Waals surface area contributed by atoms with Gasteiger partial charge in [-0.25, -0.2) is 21.6 Å². The van der Waals surface area contributed by atoms with Gasteiger partial charge in [-0.15, -0.1) is 0 Å². The van der Waals surface area contributed by atoms with Crippen molar-refractivity contribution in [1.29, 1.82) is 0 Å². The largest absolute Gasteiger partial charge is 0.492 e. The number of aromatic amines is 1. The number of benzene rings is 3. The van der Waals surface area contributed by atoms with Gasteiger partial charge in [0.1, 0.15) is 12.4 Å². The van der Waals surface area contributed by atoms with Crippen LogP contribution in [0.3, 0.4) is 0 Å². The molecule has 19 heteroatoms. The molecule has 4 rings (SSSR count). The number of carbonyl (C=O) groups is 2. The molecule has 1 unspecified atom stereocenters. The first-order valence-electron chi connectivity index (χ1n) is 14.7. The van der Waals surface area contributed by atoms with Crippen molar-refractivity contribution in [2.24, 2.45) is 0 Å².